The zero-order valence-corrected chi connectivity index (χ0v) is 22.3. The van der Waals surface area contributed by atoms with E-state index in [1.54, 1.807) is 0 Å². The van der Waals surface area contributed by atoms with E-state index < -0.39 is 0 Å². The normalized spacial score (nSPS) is 18.5. The monoisotopic (exact) mass is 573 g/mol. The van der Waals surface area contributed by atoms with Crippen molar-refractivity contribution >= 4 is 33.2 Å². The third-order valence-electron chi connectivity index (χ3n) is 7.67. The molecule has 0 amide bonds. The summed E-state index contributed by atoms with van der Waals surface area (Å²) < 4.78 is 0. The number of nitrogens with zero attached hydrogens (tertiary/aromatic N) is 8. The van der Waals surface area contributed by atoms with E-state index in [0.717, 1.165) is 33.0 Å². The van der Waals surface area contributed by atoms with Crippen LogP contribution in [-0.4, -0.2) is 29.9 Å². The summed E-state index contributed by atoms with van der Waals surface area (Å²) in [5.74, 6) is 2.21. The number of benzene rings is 2. The molecular weight excluding hydrogens is 555 g/mol. The maximum atomic E-state index is 5.01. The largest absolute Gasteiger partial charge is 2.00 e. The maximum Gasteiger partial charge on any atom is 2.00 e. The molecule has 8 bridgehead atoms. The standard InChI is InChI=1S/C32H18N8.Co/c1-2-10-18-17(9-1)25-33-26(18)38-28-21-13-5-6-14-22(21)30(35-28)40-32-24-16-8-7-15-23(24)31(36-32)39-29-20-12-4-3-11-19(20)27(34-29)37-25;/h1-17,20H;/q-2;+2. The summed E-state index contributed by atoms with van der Waals surface area (Å²) in [6.07, 6.45) is 16.3. The summed E-state index contributed by atoms with van der Waals surface area (Å²) in [5.41, 5.74) is 6.13. The molecule has 9 heteroatoms. The minimum absolute atomic E-state index is 0. The van der Waals surface area contributed by atoms with Crippen molar-refractivity contribution in [2.75, 3.05) is 0 Å². The second kappa shape index (κ2) is 9.02. The van der Waals surface area contributed by atoms with Gasteiger partial charge >= 0.3 is 16.8 Å². The van der Waals surface area contributed by atoms with Crippen molar-refractivity contribution in [3.8, 4) is 22.8 Å². The van der Waals surface area contributed by atoms with E-state index >= 15 is 0 Å². The van der Waals surface area contributed by atoms with Gasteiger partial charge in [-0.15, -0.1) is 0 Å². The molecule has 2 aromatic carbocycles. The number of rotatable bonds is 0. The Labute approximate surface area is 243 Å². The van der Waals surface area contributed by atoms with Gasteiger partial charge in [-0.05, 0) is 21.9 Å². The van der Waals surface area contributed by atoms with Gasteiger partial charge in [-0.3, -0.25) is 0 Å². The first-order valence-electron chi connectivity index (χ1n) is 13.1. The van der Waals surface area contributed by atoms with E-state index in [-0.39, 0.29) is 28.6 Å². The van der Waals surface area contributed by atoms with Gasteiger partial charge in [0.15, 0.2) is 5.82 Å². The van der Waals surface area contributed by atoms with E-state index in [2.05, 4.69) is 12.2 Å². The molecule has 0 N–H and O–H groups in total. The van der Waals surface area contributed by atoms with Crippen molar-refractivity contribution in [3.05, 3.63) is 120 Å². The second-order valence-corrected chi connectivity index (χ2v) is 10.00. The number of fused-ring (bicyclic) bond motifs is 18. The van der Waals surface area contributed by atoms with Crippen LogP contribution in [0.5, 0.6) is 0 Å². The predicted octanol–water partition coefficient (Wildman–Crippen LogP) is 3.48. The number of hydrogen-bond donors (Lipinski definition) is 0. The SMILES string of the molecule is C1=CC2=c3nc(nc4nc(nc5[n-]c(nc6[n-]c(n3)C3C=CC=CC=63)c3ccccc53)-c3ccccc3-4)C2C=C1.[Co+2]. The molecule has 2 unspecified atom stereocenters. The molecule has 5 aliphatic rings. The molecule has 2 aromatic heterocycles. The molecule has 1 radical (unpaired) electrons. The first-order valence-corrected chi connectivity index (χ1v) is 13.1. The molecule has 8 nitrogen and oxygen atoms in total. The van der Waals surface area contributed by atoms with Gasteiger partial charge < -0.3 is 24.9 Å². The van der Waals surface area contributed by atoms with Gasteiger partial charge in [-0.2, -0.15) is 0 Å². The van der Waals surface area contributed by atoms with Crippen LogP contribution in [0.15, 0.2) is 97.1 Å². The van der Waals surface area contributed by atoms with Crippen LogP contribution >= 0.6 is 0 Å². The zero-order valence-electron chi connectivity index (χ0n) is 21.3. The third kappa shape index (κ3) is 3.59. The Hall–Kier alpha value is -4.99. The smallest absolute Gasteiger partial charge is 0.361 e. The Bertz CT molecular complexity index is 2250. The molecule has 195 valence electrons. The maximum absolute atomic E-state index is 5.01. The molecule has 0 saturated carbocycles. The van der Waals surface area contributed by atoms with Crippen LogP contribution in [0.3, 0.4) is 0 Å². The van der Waals surface area contributed by atoms with E-state index in [4.69, 9.17) is 39.9 Å². The molecule has 9 rings (SSSR count). The van der Waals surface area contributed by atoms with Crippen LogP contribution in [0.2, 0.25) is 0 Å². The Balaban J connectivity index is 0.00000256. The quantitative estimate of drug-likeness (QED) is 0.277. The minimum Gasteiger partial charge on any atom is -0.361 e. The molecule has 2 aliphatic carbocycles. The van der Waals surface area contributed by atoms with Gasteiger partial charge in [-0.25, -0.2) is 15.0 Å². The number of allylic oxidation sites excluding steroid dienone is 8. The van der Waals surface area contributed by atoms with Crippen LogP contribution in [0.25, 0.3) is 56.0 Å². The summed E-state index contributed by atoms with van der Waals surface area (Å²) in [5, 5.41) is 1.81. The Morgan fingerprint density at radius 2 is 1.22 bits per heavy atom. The average molecular weight is 573 g/mol. The summed E-state index contributed by atoms with van der Waals surface area (Å²) in [6.45, 7) is 0. The van der Waals surface area contributed by atoms with E-state index in [1.165, 1.54) is 0 Å². The van der Waals surface area contributed by atoms with Crippen LogP contribution in [0.1, 0.15) is 23.5 Å². The molecule has 5 heterocycles. The van der Waals surface area contributed by atoms with E-state index in [9.17, 15) is 0 Å². The molecule has 0 fully saturated rings. The fourth-order valence-corrected chi connectivity index (χ4v) is 5.76. The Morgan fingerprint density at radius 1 is 0.561 bits per heavy atom. The molecule has 2 atom stereocenters. The van der Waals surface area contributed by atoms with Crippen molar-refractivity contribution in [1.29, 1.82) is 0 Å². The summed E-state index contributed by atoms with van der Waals surface area (Å²) in [7, 11) is 0. The molecule has 4 aromatic rings. The Kier molecular flexibility index (Phi) is 5.25. The molecule has 41 heavy (non-hydrogen) atoms. The third-order valence-corrected chi connectivity index (χ3v) is 7.67. The first-order chi connectivity index (χ1) is 19.8. The topological polar surface area (TPSA) is 106 Å². The summed E-state index contributed by atoms with van der Waals surface area (Å²) in [6, 6.07) is 16.0. The first kappa shape index (κ1) is 23.9. The van der Waals surface area contributed by atoms with Gasteiger partial charge in [0.2, 0.25) is 0 Å². The van der Waals surface area contributed by atoms with Crippen LogP contribution in [0.4, 0.5) is 0 Å². The van der Waals surface area contributed by atoms with E-state index in [1.807, 2.05) is 85.0 Å². The fraction of sp³-hybridized carbons (Fsp3) is 0.0625. The molecule has 0 spiro atoms. The predicted molar refractivity (Wildman–Crippen MR) is 151 cm³/mol. The van der Waals surface area contributed by atoms with Crippen molar-refractivity contribution < 1.29 is 16.8 Å². The van der Waals surface area contributed by atoms with Crippen LogP contribution in [-0.2, 0) is 16.8 Å². The number of hydrogen-bond acceptors (Lipinski definition) is 6. The van der Waals surface area contributed by atoms with Crippen molar-refractivity contribution in [3.63, 3.8) is 0 Å². The van der Waals surface area contributed by atoms with Gasteiger partial charge in [0.25, 0.3) is 0 Å². The minimum atomic E-state index is -0.113. The Morgan fingerprint density at radius 3 is 2.00 bits per heavy atom. The van der Waals surface area contributed by atoms with Crippen molar-refractivity contribution in [2.24, 2.45) is 0 Å². The van der Waals surface area contributed by atoms with Crippen molar-refractivity contribution in [1.82, 2.24) is 39.9 Å². The second-order valence-electron chi connectivity index (χ2n) is 10.00. The van der Waals surface area contributed by atoms with Crippen LogP contribution in [0, 0.1) is 0 Å². The van der Waals surface area contributed by atoms with Crippen LogP contribution < -0.4 is 20.9 Å². The molecule has 3 aliphatic heterocycles. The van der Waals surface area contributed by atoms with Gasteiger partial charge in [0, 0.05) is 39.6 Å². The summed E-state index contributed by atoms with van der Waals surface area (Å²) >= 11 is 0. The average Bonchev–Trinajstić information content (AvgIpc) is 3.73. The van der Waals surface area contributed by atoms with Gasteiger partial charge in [-0.1, -0.05) is 97.1 Å². The van der Waals surface area contributed by atoms with Gasteiger partial charge in [0.05, 0.1) is 17.2 Å². The van der Waals surface area contributed by atoms with Gasteiger partial charge in [0.1, 0.15) is 5.82 Å². The summed E-state index contributed by atoms with van der Waals surface area (Å²) in [4.78, 5) is 39.5. The fourth-order valence-electron chi connectivity index (χ4n) is 5.76. The number of aromatic nitrogens is 8. The van der Waals surface area contributed by atoms with Crippen molar-refractivity contribution in [2.45, 2.75) is 11.8 Å². The zero-order chi connectivity index (χ0) is 26.2. The van der Waals surface area contributed by atoms with E-state index in [0.29, 0.717) is 45.6 Å². The molecule has 0 saturated heterocycles. The molecular formula is C32H18CoN8.